The minimum atomic E-state index is -0.962. The summed E-state index contributed by atoms with van der Waals surface area (Å²) in [6.45, 7) is 4.92. The number of hydrogen-bond donors (Lipinski definition) is 2. The molecule has 0 unspecified atom stereocenters. The van der Waals surface area contributed by atoms with Gasteiger partial charge >= 0.3 is 6.09 Å². The molecule has 1 aromatic carbocycles. The third-order valence-electron chi connectivity index (χ3n) is 2.15. The van der Waals surface area contributed by atoms with Gasteiger partial charge in [-0.2, -0.15) is 0 Å². The number of amides is 1. The quantitative estimate of drug-likeness (QED) is 0.899. The molecule has 1 atom stereocenters. The summed E-state index contributed by atoms with van der Waals surface area (Å²) in [5.74, 6) is -0.555. The van der Waals surface area contributed by atoms with E-state index in [0.717, 1.165) is 12.1 Å². The molecule has 0 fully saturated rings. The van der Waals surface area contributed by atoms with Crippen molar-refractivity contribution in [1.82, 2.24) is 5.32 Å². The van der Waals surface area contributed by atoms with E-state index in [4.69, 9.17) is 16.3 Å². The second-order valence-corrected chi connectivity index (χ2v) is 5.59. The first-order chi connectivity index (χ1) is 8.71. The summed E-state index contributed by atoms with van der Waals surface area (Å²) in [7, 11) is 0. The van der Waals surface area contributed by atoms with Gasteiger partial charge in [0.1, 0.15) is 5.82 Å². The van der Waals surface area contributed by atoms with Gasteiger partial charge in [-0.1, -0.05) is 11.6 Å². The molecule has 106 valence electrons. The van der Waals surface area contributed by atoms with Crippen LogP contribution in [0.3, 0.4) is 0 Å². The minimum absolute atomic E-state index is 0.174. The largest absolute Gasteiger partial charge is 0.439 e. The fourth-order valence-corrected chi connectivity index (χ4v) is 1.67. The molecule has 0 aliphatic carbocycles. The van der Waals surface area contributed by atoms with Crippen LogP contribution in [0.4, 0.5) is 9.18 Å². The van der Waals surface area contributed by atoms with Crippen LogP contribution < -0.4 is 5.32 Å². The van der Waals surface area contributed by atoms with Crippen molar-refractivity contribution < 1.29 is 19.0 Å². The van der Waals surface area contributed by atoms with Crippen molar-refractivity contribution in [3.63, 3.8) is 0 Å². The molecule has 0 saturated heterocycles. The van der Waals surface area contributed by atoms with Crippen LogP contribution in [0.15, 0.2) is 18.2 Å². The predicted molar refractivity (Wildman–Crippen MR) is 70.6 cm³/mol. The van der Waals surface area contributed by atoms with Crippen LogP contribution in [0.25, 0.3) is 0 Å². The van der Waals surface area contributed by atoms with E-state index in [1.807, 2.05) is 0 Å². The average Bonchev–Trinajstić information content (AvgIpc) is 2.21. The van der Waals surface area contributed by atoms with Crippen molar-refractivity contribution >= 4 is 17.7 Å². The molecule has 0 saturated carbocycles. The van der Waals surface area contributed by atoms with Crippen LogP contribution in [0.1, 0.15) is 32.4 Å². The SMILES string of the molecule is CC(C)(C)NC(=O)O[C@H](CO)c1cc(F)cc(Cl)c1. The van der Waals surface area contributed by atoms with Gasteiger partial charge in [0.05, 0.1) is 6.61 Å². The van der Waals surface area contributed by atoms with Gasteiger partial charge < -0.3 is 15.2 Å². The van der Waals surface area contributed by atoms with Gasteiger partial charge in [-0.25, -0.2) is 9.18 Å². The zero-order chi connectivity index (χ0) is 14.6. The number of carbonyl (C=O) groups is 1. The fraction of sp³-hybridized carbons (Fsp3) is 0.462. The monoisotopic (exact) mass is 289 g/mol. The number of rotatable bonds is 3. The van der Waals surface area contributed by atoms with Gasteiger partial charge in [-0.3, -0.25) is 0 Å². The second-order valence-electron chi connectivity index (χ2n) is 5.15. The molecule has 4 nitrogen and oxygen atoms in total. The van der Waals surface area contributed by atoms with Crippen LogP contribution in [0, 0.1) is 5.82 Å². The topological polar surface area (TPSA) is 58.6 Å². The number of nitrogens with one attached hydrogen (secondary N) is 1. The molecule has 0 aliphatic heterocycles. The number of carbonyl (C=O) groups excluding carboxylic acids is 1. The maximum absolute atomic E-state index is 13.2. The maximum atomic E-state index is 13.2. The Labute approximate surface area is 116 Å². The lowest BCUT2D eigenvalue weighted by molar-refractivity contribution is 0.0528. The molecule has 1 amide bonds. The zero-order valence-corrected chi connectivity index (χ0v) is 11.8. The molecule has 0 aliphatic rings. The lowest BCUT2D eigenvalue weighted by atomic mass is 10.1. The molecule has 0 radical (unpaired) electrons. The van der Waals surface area contributed by atoms with E-state index >= 15 is 0 Å². The highest BCUT2D eigenvalue weighted by molar-refractivity contribution is 6.30. The Bertz CT molecular complexity index is 439. The molecule has 1 rings (SSSR count). The first-order valence-electron chi connectivity index (χ1n) is 5.77. The van der Waals surface area contributed by atoms with Gasteiger partial charge in [-0.15, -0.1) is 0 Å². The predicted octanol–water partition coefficient (Wildman–Crippen LogP) is 3.04. The lowest BCUT2D eigenvalue weighted by Crippen LogP contribution is -2.41. The van der Waals surface area contributed by atoms with E-state index < -0.39 is 30.2 Å². The van der Waals surface area contributed by atoms with Crippen LogP contribution in [0.2, 0.25) is 5.02 Å². The lowest BCUT2D eigenvalue weighted by Gasteiger charge is -2.23. The third kappa shape index (κ3) is 5.44. The highest BCUT2D eigenvalue weighted by Crippen LogP contribution is 2.22. The van der Waals surface area contributed by atoms with Gasteiger partial charge in [0.15, 0.2) is 6.10 Å². The van der Waals surface area contributed by atoms with Gasteiger partial charge in [-0.05, 0) is 44.5 Å². The minimum Gasteiger partial charge on any atom is -0.439 e. The fourth-order valence-electron chi connectivity index (χ4n) is 1.44. The van der Waals surface area contributed by atoms with Gasteiger partial charge in [0.25, 0.3) is 0 Å². The van der Waals surface area contributed by atoms with Crippen molar-refractivity contribution in [3.05, 3.63) is 34.6 Å². The summed E-state index contributed by atoms with van der Waals surface area (Å²) in [4.78, 5) is 11.6. The Hall–Kier alpha value is -1.33. The Balaban J connectivity index is 2.81. The summed E-state index contributed by atoms with van der Waals surface area (Å²) in [6.07, 6.45) is -1.65. The number of ether oxygens (including phenoxy) is 1. The summed E-state index contributed by atoms with van der Waals surface area (Å²) < 4.78 is 18.3. The molecular formula is C13H17ClFNO3. The highest BCUT2D eigenvalue weighted by Gasteiger charge is 2.20. The molecule has 0 heterocycles. The van der Waals surface area contributed by atoms with Gasteiger partial charge in [0.2, 0.25) is 0 Å². The zero-order valence-electron chi connectivity index (χ0n) is 11.0. The van der Waals surface area contributed by atoms with E-state index in [2.05, 4.69) is 5.32 Å². The molecule has 2 N–H and O–H groups in total. The third-order valence-corrected chi connectivity index (χ3v) is 2.37. The highest BCUT2D eigenvalue weighted by atomic mass is 35.5. The number of aliphatic hydroxyl groups is 1. The summed E-state index contributed by atoms with van der Waals surface area (Å²) in [5.41, 5.74) is -0.159. The normalized spacial score (nSPS) is 12.9. The Morgan fingerprint density at radius 1 is 1.47 bits per heavy atom. The van der Waals surface area contributed by atoms with Gasteiger partial charge in [0, 0.05) is 10.6 Å². The first-order valence-corrected chi connectivity index (χ1v) is 6.15. The van der Waals surface area contributed by atoms with E-state index in [-0.39, 0.29) is 5.02 Å². The van der Waals surface area contributed by atoms with Crippen molar-refractivity contribution in [3.8, 4) is 0 Å². The number of hydrogen-bond acceptors (Lipinski definition) is 3. The Kier molecular flexibility index (Phi) is 5.14. The van der Waals surface area contributed by atoms with Crippen molar-refractivity contribution in [2.45, 2.75) is 32.4 Å². The second kappa shape index (κ2) is 6.21. The van der Waals surface area contributed by atoms with E-state index in [1.165, 1.54) is 6.07 Å². The van der Waals surface area contributed by atoms with Crippen molar-refractivity contribution in [2.24, 2.45) is 0 Å². The molecule has 0 spiro atoms. The van der Waals surface area contributed by atoms with Crippen LogP contribution in [-0.4, -0.2) is 23.3 Å². The van der Waals surface area contributed by atoms with Crippen molar-refractivity contribution in [1.29, 1.82) is 0 Å². The van der Waals surface area contributed by atoms with Crippen molar-refractivity contribution in [2.75, 3.05) is 6.61 Å². The first kappa shape index (κ1) is 15.7. The standard InChI is InChI=1S/C13H17ClFNO3/c1-13(2,3)16-12(18)19-11(7-17)8-4-9(14)6-10(15)5-8/h4-6,11,17H,7H2,1-3H3,(H,16,18)/t11-/m1/s1. The Morgan fingerprint density at radius 3 is 2.58 bits per heavy atom. The summed E-state index contributed by atoms with van der Waals surface area (Å²) >= 11 is 5.72. The number of benzene rings is 1. The molecule has 0 aromatic heterocycles. The molecule has 6 heteroatoms. The smallest absolute Gasteiger partial charge is 0.408 e. The number of aliphatic hydroxyl groups excluding tert-OH is 1. The molecule has 19 heavy (non-hydrogen) atoms. The average molecular weight is 290 g/mol. The molecule has 0 bridgehead atoms. The maximum Gasteiger partial charge on any atom is 0.408 e. The van der Waals surface area contributed by atoms with Crippen LogP contribution >= 0.6 is 11.6 Å². The number of alkyl carbamates (subject to hydrolysis) is 1. The van der Waals surface area contributed by atoms with Crippen LogP contribution in [-0.2, 0) is 4.74 Å². The van der Waals surface area contributed by atoms with E-state index in [9.17, 15) is 14.3 Å². The van der Waals surface area contributed by atoms with E-state index in [0.29, 0.717) is 5.56 Å². The number of halogens is 2. The summed E-state index contributed by atoms with van der Waals surface area (Å²) in [5, 5.41) is 12.0. The molecular weight excluding hydrogens is 273 g/mol. The Morgan fingerprint density at radius 2 is 2.11 bits per heavy atom. The van der Waals surface area contributed by atoms with E-state index in [1.54, 1.807) is 20.8 Å². The molecule has 1 aromatic rings. The summed E-state index contributed by atoms with van der Waals surface area (Å²) in [6, 6.07) is 3.74. The van der Waals surface area contributed by atoms with Crippen LogP contribution in [0.5, 0.6) is 0 Å².